The minimum absolute atomic E-state index is 0.0218. The highest BCUT2D eigenvalue weighted by atomic mass is 16.3. The highest BCUT2D eigenvalue weighted by molar-refractivity contribution is 5.97. The summed E-state index contributed by atoms with van der Waals surface area (Å²) in [6, 6.07) is 28.1. The molecular formula is C57H59N3O. The van der Waals surface area contributed by atoms with E-state index in [1.165, 1.54) is 24.4 Å². The second-order valence-electron chi connectivity index (χ2n) is 17.2. The average Bonchev–Trinajstić information content (AvgIpc) is 3.89. The highest BCUT2D eigenvalue weighted by Gasteiger charge is 2.23. The lowest BCUT2D eigenvalue weighted by molar-refractivity contribution is 0.477. The Morgan fingerprint density at radius 1 is 0.639 bits per heavy atom. The number of para-hydroxylation sites is 2. The molecule has 308 valence electrons. The second kappa shape index (κ2) is 16.0. The molecule has 0 unspecified atom stereocenters. The summed E-state index contributed by atoms with van der Waals surface area (Å²) in [6.45, 7) is -0.336. The van der Waals surface area contributed by atoms with Crippen molar-refractivity contribution >= 4 is 11.0 Å². The zero-order valence-electron chi connectivity index (χ0n) is 52.3. The fourth-order valence-corrected chi connectivity index (χ4v) is 7.52. The zero-order valence-corrected chi connectivity index (χ0v) is 35.3. The van der Waals surface area contributed by atoms with Crippen LogP contribution < -0.4 is 0 Å². The van der Waals surface area contributed by atoms with E-state index in [-0.39, 0.29) is 34.2 Å². The van der Waals surface area contributed by atoms with Crippen LogP contribution in [-0.4, -0.2) is 19.6 Å². The minimum atomic E-state index is -3.83. The summed E-state index contributed by atoms with van der Waals surface area (Å²) >= 11 is 0. The van der Waals surface area contributed by atoms with Gasteiger partial charge in [0.2, 0.25) is 0 Å². The van der Waals surface area contributed by atoms with Crippen LogP contribution in [0.5, 0.6) is 5.75 Å². The number of pyridine rings is 1. The summed E-state index contributed by atoms with van der Waals surface area (Å²) in [6.07, 6.45) is 1.39. The molecule has 2 aromatic heterocycles. The topological polar surface area (TPSA) is 50.9 Å². The van der Waals surface area contributed by atoms with E-state index in [0.717, 1.165) is 22.3 Å². The van der Waals surface area contributed by atoms with Crippen molar-refractivity contribution in [2.75, 3.05) is 0 Å². The van der Waals surface area contributed by atoms with Gasteiger partial charge in [0.1, 0.15) is 11.6 Å². The Morgan fingerprint density at radius 3 is 2.07 bits per heavy atom. The van der Waals surface area contributed by atoms with Gasteiger partial charge in [-0.2, -0.15) is 0 Å². The number of fused-ring (bicyclic) bond motifs is 1. The second-order valence-corrected chi connectivity index (χ2v) is 17.2. The third kappa shape index (κ3) is 8.29. The molecule has 0 bridgehead atoms. The fraction of sp³-hybridized carbons (Fsp3) is 0.263. The number of nitrogens with zero attached hydrogens (tertiary/aromatic N) is 3. The summed E-state index contributed by atoms with van der Waals surface area (Å²) in [5, 5.41) is 11.4. The Kier molecular flexibility index (Phi) is 6.68. The van der Waals surface area contributed by atoms with Gasteiger partial charge in [-0.05, 0) is 140 Å². The van der Waals surface area contributed by atoms with E-state index in [1.807, 2.05) is 95.3 Å². The first-order chi connectivity index (χ1) is 35.9. The number of aromatic nitrogens is 3. The molecule has 0 spiro atoms. The molecule has 0 saturated carbocycles. The quantitative estimate of drug-likeness (QED) is 0.166. The van der Waals surface area contributed by atoms with E-state index in [0.29, 0.717) is 50.2 Å². The first kappa shape index (κ1) is 25.5. The number of rotatable bonds is 8. The van der Waals surface area contributed by atoms with Gasteiger partial charge in [-0.15, -0.1) is 0 Å². The maximum absolute atomic E-state index is 11.4. The molecule has 6 aromatic carbocycles. The normalized spacial score (nSPS) is 17.3. The molecule has 61 heavy (non-hydrogen) atoms. The number of imidazole rings is 1. The SMILES string of the molecule is [2H]c1c([2H])c(C(C([2H])([2H])[2H])(C([2H])([2H])[2H])C([2H])([2H])[2H])c([2H])c([2H])c1-c1ccnc(-c2cc(-c3cccc4c3nc(-c3ccccc3O)n4-c3ccc(-c4cc(C(C)C)cc(C([2H])(C)C)c4)cc3C([2H])([2H])[2H])cc(C(C)(C)C)c2)c1. The van der Waals surface area contributed by atoms with Gasteiger partial charge < -0.3 is 5.11 Å². The predicted octanol–water partition coefficient (Wildman–Crippen LogP) is 15.6. The van der Waals surface area contributed by atoms with Crippen molar-refractivity contribution in [3.8, 4) is 67.5 Å². The smallest absolute Gasteiger partial charge is 0.149 e. The Balaban J connectivity index is 1.35. The van der Waals surface area contributed by atoms with Gasteiger partial charge in [0, 0.05) is 35.1 Å². The first-order valence-corrected chi connectivity index (χ1v) is 20.2. The van der Waals surface area contributed by atoms with Crippen LogP contribution in [0.15, 0.2) is 140 Å². The van der Waals surface area contributed by atoms with Crippen LogP contribution in [0.25, 0.3) is 72.7 Å². The van der Waals surface area contributed by atoms with Crippen LogP contribution in [0.3, 0.4) is 0 Å². The largest absolute Gasteiger partial charge is 0.507 e. The van der Waals surface area contributed by atoms with Crippen LogP contribution in [0, 0.1) is 6.85 Å². The first-order valence-electron chi connectivity index (χ1n) is 28.7. The standard InChI is InChI=1S/C57H59N3O/c1-35(2)41-28-42(36(3)4)30-43(29-41)39-21-24-51(37(5)27-39)60-52-17-14-16-48(54(52)59-55(60)49-15-12-13-18-53(49)61)44-31-45(33-47(32-44)57(9,10)11)50-34-40(25-26-58-50)38-19-22-46(23-20-38)56(6,7)8/h12-36,61H,1-11H3/i5D3,6D3,7D3,8D3,19D,20D,22D,23D,35D. The van der Waals surface area contributed by atoms with Gasteiger partial charge in [0.05, 0.1) is 33.5 Å². The van der Waals surface area contributed by atoms with Crippen molar-refractivity contribution in [3.63, 3.8) is 0 Å². The van der Waals surface area contributed by atoms with Crippen LogP contribution in [0.4, 0.5) is 0 Å². The van der Waals surface area contributed by atoms with E-state index in [4.69, 9.17) is 28.3 Å². The van der Waals surface area contributed by atoms with Crippen molar-refractivity contribution in [2.24, 2.45) is 0 Å². The molecular weight excluding hydrogens is 743 g/mol. The van der Waals surface area contributed by atoms with Gasteiger partial charge >= 0.3 is 0 Å². The van der Waals surface area contributed by atoms with Crippen molar-refractivity contribution in [1.82, 2.24) is 14.5 Å². The third-order valence-electron chi connectivity index (χ3n) is 11.1. The van der Waals surface area contributed by atoms with Gasteiger partial charge in [0.25, 0.3) is 0 Å². The molecule has 0 aliphatic heterocycles. The lowest BCUT2D eigenvalue weighted by Crippen LogP contribution is -2.11. The van der Waals surface area contributed by atoms with Gasteiger partial charge in [-0.25, -0.2) is 4.98 Å². The molecule has 4 heteroatoms. The van der Waals surface area contributed by atoms with Gasteiger partial charge in [-0.1, -0.05) is 148 Å². The van der Waals surface area contributed by atoms with Crippen molar-refractivity contribution in [1.29, 1.82) is 0 Å². The summed E-state index contributed by atoms with van der Waals surface area (Å²) < 4.78 is 148. The summed E-state index contributed by atoms with van der Waals surface area (Å²) in [4.78, 5) is 9.89. The summed E-state index contributed by atoms with van der Waals surface area (Å²) in [7, 11) is 0. The molecule has 0 aliphatic carbocycles. The monoisotopic (exact) mass is 819 g/mol. The van der Waals surface area contributed by atoms with Gasteiger partial charge in [0.15, 0.2) is 0 Å². The number of phenolic OH excluding ortho intramolecular Hbond substituents is 1. The molecule has 8 aromatic rings. The van der Waals surface area contributed by atoms with Crippen LogP contribution in [0.2, 0.25) is 0 Å². The van der Waals surface area contributed by atoms with Crippen molar-refractivity contribution in [3.05, 3.63) is 167 Å². The number of hydrogen-bond acceptors (Lipinski definition) is 3. The molecule has 1 N–H and O–H groups in total. The fourth-order valence-electron chi connectivity index (χ4n) is 7.52. The van der Waals surface area contributed by atoms with Gasteiger partial charge in [-0.3, -0.25) is 9.55 Å². The highest BCUT2D eigenvalue weighted by Crippen LogP contribution is 2.41. The van der Waals surface area contributed by atoms with Crippen molar-refractivity contribution in [2.45, 2.75) is 98.5 Å². The number of benzene rings is 6. The Labute approximate surface area is 386 Å². The van der Waals surface area contributed by atoms with Crippen LogP contribution >= 0.6 is 0 Å². The maximum atomic E-state index is 11.4. The number of aryl methyl sites for hydroxylation is 1. The van der Waals surface area contributed by atoms with E-state index < -0.39 is 73.9 Å². The third-order valence-corrected chi connectivity index (χ3v) is 11.1. The molecule has 0 aliphatic rings. The van der Waals surface area contributed by atoms with E-state index in [9.17, 15) is 5.11 Å². The lowest BCUT2D eigenvalue weighted by atomic mass is 9.83. The Bertz CT molecular complexity index is 3580. The van der Waals surface area contributed by atoms with Crippen molar-refractivity contribution < 1.29 is 28.4 Å². The predicted molar refractivity (Wildman–Crippen MR) is 258 cm³/mol. The lowest BCUT2D eigenvalue weighted by Gasteiger charge is -2.22. The molecule has 8 rings (SSSR count). The van der Waals surface area contributed by atoms with E-state index >= 15 is 0 Å². The molecule has 2 heterocycles. The summed E-state index contributed by atoms with van der Waals surface area (Å²) in [5.74, 6) is -0.628. The number of aromatic hydroxyl groups is 1. The zero-order chi connectivity index (χ0) is 57.8. The number of phenols is 1. The molecule has 0 amide bonds. The minimum Gasteiger partial charge on any atom is -0.507 e. The van der Waals surface area contributed by atoms with E-state index in [2.05, 4.69) is 18.8 Å². The molecule has 0 atom stereocenters. The molecule has 0 fully saturated rings. The molecule has 4 nitrogen and oxygen atoms in total. The Hall–Kier alpha value is -6.26. The van der Waals surface area contributed by atoms with Crippen LogP contribution in [-0.2, 0) is 10.8 Å². The average molecular weight is 819 g/mol. The molecule has 0 radical (unpaired) electrons. The number of hydrogen-bond donors (Lipinski definition) is 1. The van der Waals surface area contributed by atoms with E-state index in [1.54, 1.807) is 34.9 Å². The molecule has 0 saturated heterocycles. The summed E-state index contributed by atoms with van der Waals surface area (Å²) in [5.41, 5.74) is 1.97. The maximum Gasteiger partial charge on any atom is 0.149 e. The van der Waals surface area contributed by atoms with Crippen LogP contribution in [0.1, 0.15) is 132 Å². The Morgan fingerprint density at radius 2 is 1.36 bits per heavy atom.